The summed E-state index contributed by atoms with van der Waals surface area (Å²) >= 11 is 3.48. The highest BCUT2D eigenvalue weighted by atomic mass is 79.9. The van der Waals surface area contributed by atoms with E-state index >= 15 is 0 Å². The Kier molecular flexibility index (Phi) is 5.64. The van der Waals surface area contributed by atoms with E-state index in [-0.39, 0.29) is 5.82 Å². The molecule has 1 atom stereocenters. The number of benzene rings is 1. The van der Waals surface area contributed by atoms with E-state index in [1.54, 1.807) is 7.11 Å². The predicted molar refractivity (Wildman–Crippen MR) is 79.4 cm³/mol. The van der Waals surface area contributed by atoms with E-state index in [0.717, 1.165) is 17.4 Å². The first-order valence-electron chi connectivity index (χ1n) is 6.87. The zero-order valence-electron chi connectivity index (χ0n) is 11.4. The fourth-order valence-electron chi connectivity index (χ4n) is 2.75. The van der Waals surface area contributed by atoms with Crippen LogP contribution < -0.4 is 4.74 Å². The Hall–Kier alpha value is -0.610. The molecular formula is C15H21BrFNO. The molecule has 1 aromatic rings. The molecule has 2 rings (SSSR count). The van der Waals surface area contributed by atoms with Crippen molar-refractivity contribution in [1.82, 2.24) is 4.90 Å². The van der Waals surface area contributed by atoms with Crippen LogP contribution >= 0.6 is 15.9 Å². The molecule has 1 saturated heterocycles. The van der Waals surface area contributed by atoms with Crippen molar-refractivity contribution in [3.05, 3.63) is 29.6 Å². The normalized spacial score (nSPS) is 19.8. The van der Waals surface area contributed by atoms with Crippen LogP contribution in [0.2, 0.25) is 0 Å². The van der Waals surface area contributed by atoms with E-state index in [2.05, 4.69) is 20.8 Å². The molecule has 0 saturated carbocycles. The molecule has 1 heterocycles. The van der Waals surface area contributed by atoms with Crippen LogP contribution in [0.25, 0.3) is 0 Å². The molecule has 0 aromatic heterocycles. The van der Waals surface area contributed by atoms with Gasteiger partial charge in [-0.1, -0.05) is 22.0 Å². The van der Waals surface area contributed by atoms with Crippen molar-refractivity contribution < 1.29 is 9.13 Å². The highest BCUT2D eigenvalue weighted by Crippen LogP contribution is 2.25. The number of nitrogens with zero attached hydrogens (tertiary/aromatic N) is 1. The van der Waals surface area contributed by atoms with Gasteiger partial charge in [-0.15, -0.1) is 0 Å². The molecule has 1 unspecified atom stereocenters. The van der Waals surface area contributed by atoms with Crippen LogP contribution in [0.5, 0.6) is 5.75 Å². The standard InChI is InChI=1S/C15H21BrFNO/c1-19-14-7-6-12(15(17)10-14)11-18-9-3-5-13(18)4-2-8-16/h6-7,10,13H,2-5,8-9,11H2,1H3. The minimum absolute atomic E-state index is 0.162. The van der Waals surface area contributed by atoms with Crippen LogP contribution in [-0.4, -0.2) is 29.9 Å². The molecule has 1 aromatic carbocycles. The molecule has 106 valence electrons. The van der Waals surface area contributed by atoms with Gasteiger partial charge in [-0.3, -0.25) is 4.90 Å². The Labute approximate surface area is 123 Å². The lowest BCUT2D eigenvalue weighted by molar-refractivity contribution is 0.231. The van der Waals surface area contributed by atoms with Crippen LogP contribution in [-0.2, 0) is 6.54 Å². The summed E-state index contributed by atoms with van der Waals surface area (Å²) in [6.07, 6.45) is 4.85. The van der Waals surface area contributed by atoms with Gasteiger partial charge in [-0.05, 0) is 38.3 Å². The van der Waals surface area contributed by atoms with Crippen LogP contribution in [0.3, 0.4) is 0 Å². The fraction of sp³-hybridized carbons (Fsp3) is 0.600. The third kappa shape index (κ3) is 3.93. The molecule has 2 nitrogen and oxygen atoms in total. The number of alkyl halides is 1. The van der Waals surface area contributed by atoms with Gasteiger partial charge in [0, 0.05) is 29.5 Å². The predicted octanol–water partition coefficient (Wildman–Crippen LogP) is 3.97. The van der Waals surface area contributed by atoms with E-state index in [9.17, 15) is 4.39 Å². The summed E-state index contributed by atoms with van der Waals surface area (Å²) in [7, 11) is 1.56. The molecule has 4 heteroatoms. The Morgan fingerprint density at radius 3 is 3.00 bits per heavy atom. The fourth-order valence-corrected chi connectivity index (χ4v) is 3.07. The Bertz CT molecular complexity index is 413. The molecule has 0 amide bonds. The highest BCUT2D eigenvalue weighted by molar-refractivity contribution is 9.09. The lowest BCUT2D eigenvalue weighted by Crippen LogP contribution is -2.29. The number of hydrogen-bond acceptors (Lipinski definition) is 2. The minimum Gasteiger partial charge on any atom is -0.497 e. The van der Waals surface area contributed by atoms with E-state index in [1.165, 1.54) is 31.7 Å². The van der Waals surface area contributed by atoms with Crippen molar-refractivity contribution >= 4 is 15.9 Å². The summed E-state index contributed by atoms with van der Waals surface area (Å²) in [6, 6.07) is 5.76. The van der Waals surface area contributed by atoms with Crippen molar-refractivity contribution in [3.8, 4) is 5.75 Å². The zero-order valence-corrected chi connectivity index (χ0v) is 13.0. The summed E-state index contributed by atoms with van der Waals surface area (Å²) < 4.78 is 19.0. The smallest absolute Gasteiger partial charge is 0.131 e. The third-order valence-electron chi connectivity index (χ3n) is 3.80. The largest absolute Gasteiger partial charge is 0.497 e. The minimum atomic E-state index is -0.162. The summed E-state index contributed by atoms with van der Waals surface area (Å²) in [5.74, 6) is 0.420. The third-order valence-corrected chi connectivity index (χ3v) is 4.36. The Morgan fingerprint density at radius 2 is 2.32 bits per heavy atom. The van der Waals surface area contributed by atoms with Gasteiger partial charge < -0.3 is 4.74 Å². The van der Waals surface area contributed by atoms with E-state index in [1.807, 2.05) is 12.1 Å². The summed E-state index contributed by atoms with van der Waals surface area (Å²) in [6.45, 7) is 1.79. The molecule has 0 radical (unpaired) electrons. The first-order valence-corrected chi connectivity index (χ1v) is 7.99. The second kappa shape index (κ2) is 7.25. The van der Waals surface area contributed by atoms with Crippen LogP contribution in [0.1, 0.15) is 31.2 Å². The highest BCUT2D eigenvalue weighted by Gasteiger charge is 2.24. The molecule has 0 aliphatic carbocycles. The molecule has 1 aliphatic rings. The lowest BCUT2D eigenvalue weighted by atomic mass is 10.1. The average molecular weight is 330 g/mol. The molecule has 0 bridgehead atoms. The Morgan fingerprint density at radius 1 is 1.47 bits per heavy atom. The van der Waals surface area contributed by atoms with Gasteiger partial charge in [0.15, 0.2) is 0 Å². The van der Waals surface area contributed by atoms with Gasteiger partial charge in [-0.2, -0.15) is 0 Å². The van der Waals surface area contributed by atoms with Crippen molar-refractivity contribution in [1.29, 1.82) is 0 Å². The second-order valence-corrected chi connectivity index (χ2v) is 5.85. The topological polar surface area (TPSA) is 12.5 Å². The molecular weight excluding hydrogens is 309 g/mol. The van der Waals surface area contributed by atoms with Crippen molar-refractivity contribution in [2.45, 2.75) is 38.3 Å². The molecule has 19 heavy (non-hydrogen) atoms. The van der Waals surface area contributed by atoms with Gasteiger partial charge in [0.1, 0.15) is 11.6 Å². The van der Waals surface area contributed by atoms with Gasteiger partial charge in [-0.25, -0.2) is 4.39 Å². The zero-order chi connectivity index (χ0) is 13.7. The van der Waals surface area contributed by atoms with E-state index in [4.69, 9.17) is 4.74 Å². The van der Waals surface area contributed by atoms with Crippen LogP contribution in [0.15, 0.2) is 18.2 Å². The molecule has 0 spiro atoms. The summed E-state index contributed by atoms with van der Waals surface area (Å²) in [4.78, 5) is 2.41. The summed E-state index contributed by atoms with van der Waals surface area (Å²) in [5.41, 5.74) is 0.770. The number of rotatable bonds is 6. The van der Waals surface area contributed by atoms with E-state index in [0.29, 0.717) is 18.3 Å². The monoisotopic (exact) mass is 329 g/mol. The van der Waals surface area contributed by atoms with Gasteiger partial charge in [0.25, 0.3) is 0 Å². The first-order chi connectivity index (χ1) is 9.24. The average Bonchev–Trinajstić information content (AvgIpc) is 2.86. The molecule has 1 fully saturated rings. The summed E-state index contributed by atoms with van der Waals surface area (Å²) in [5, 5.41) is 1.05. The Balaban J connectivity index is 1.99. The molecule has 0 N–H and O–H groups in total. The van der Waals surface area contributed by atoms with E-state index < -0.39 is 0 Å². The van der Waals surface area contributed by atoms with Crippen molar-refractivity contribution in [2.75, 3.05) is 19.0 Å². The van der Waals surface area contributed by atoms with Crippen LogP contribution in [0, 0.1) is 5.82 Å². The maximum atomic E-state index is 14.0. The van der Waals surface area contributed by atoms with Gasteiger partial charge in [0.05, 0.1) is 7.11 Å². The van der Waals surface area contributed by atoms with Crippen molar-refractivity contribution in [3.63, 3.8) is 0 Å². The number of ether oxygens (including phenoxy) is 1. The lowest BCUT2D eigenvalue weighted by Gasteiger charge is -2.24. The quantitative estimate of drug-likeness (QED) is 0.732. The first kappa shape index (κ1) is 14.8. The number of likely N-dealkylation sites (tertiary alicyclic amines) is 1. The van der Waals surface area contributed by atoms with Crippen LogP contribution in [0.4, 0.5) is 4.39 Å². The maximum Gasteiger partial charge on any atom is 0.131 e. The van der Waals surface area contributed by atoms with Gasteiger partial charge >= 0.3 is 0 Å². The SMILES string of the molecule is COc1ccc(CN2CCCC2CCCBr)c(F)c1. The number of hydrogen-bond donors (Lipinski definition) is 0. The molecule has 1 aliphatic heterocycles. The second-order valence-electron chi connectivity index (χ2n) is 5.06. The number of halogens is 2. The van der Waals surface area contributed by atoms with Crippen molar-refractivity contribution in [2.24, 2.45) is 0 Å². The number of methoxy groups -OCH3 is 1. The van der Waals surface area contributed by atoms with Gasteiger partial charge in [0.2, 0.25) is 0 Å². The maximum absolute atomic E-state index is 14.0.